The summed E-state index contributed by atoms with van der Waals surface area (Å²) in [7, 11) is 0. The number of rotatable bonds is 4. The Morgan fingerprint density at radius 1 is 1.09 bits per heavy atom. The summed E-state index contributed by atoms with van der Waals surface area (Å²) in [6, 6.07) is 5.08. The third-order valence-electron chi connectivity index (χ3n) is 6.17. The number of carboxylic acids is 1. The number of hydrogen-bond acceptors (Lipinski definition) is 3. The molecule has 4 rings (SSSR count). The lowest BCUT2D eigenvalue weighted by atomic mass is 9.35. The van der Waals surface area contributed by atoms with Gasteiger partial charge in [0.1, 0.15) is 0 Å². The molecule has 0 heterocycles. The van der Waals surface area contributed by atoms with E-state index < -0.39 is 5.97 Å². The highest BCUT2D eigenvalue weighted by Gasteiger charge is 2.67. The van der Waals surface area contributed by atoms with Crippen molar-refractivity contribution in [2.45, 2.75) is 58.3 Å². The predicted molar refractivity (Wildman–Crippen MR) is 80.3 cm³/mol. The minimum atomic E-state index is -0.944. The van der Waals surface area contributed by atoms with Crippen LogP contribution >= 0.6 is 0 Å². The van der Waals surface area contributed by atoms with Crippen molar-refractivity contribution in [3.05, 3.63) is 12.2 Å². The molecule has 116 valence electrons. The van der Waals surface area contributed by atoms with Crippen LogP contribution in [0.15, 0.2) is 12.2 Å². The fraction of sp³-hybridized carbons (Fsp3) is 0.722. The molecule has 2 unspecified atom stereocenters. The molecule has 4 aliphatic carbocycles. The maximum absolute atomic E-state index is 11.0. The molecule has 22 heavy (non-hydrogen) atoms. The molecule has 0 radical (unpaired) electrons. The third-order valence-corrected chi connectivity index (χ3v) is 6.17. The number of carboxylic acid groups (broad SMARTS) is 1. The fourth-order valence-corrected chi connectivity index (χ4v) is 6.40. The Hall–Kier alpha value is -1.81. The summed E-state index contributed by atoms with van der Waals surface area (Å²) >= 11 is 0. The quantitative estimate of drug-likeness (QED) is 0.800. The summed E-state index contributed by atoms with van der Waals surface area (Å²) in [5, 5.41) is 28.6. The van der Waals surface area contributed by atoms with Gasteiger partial charge >= 0.3 is 5.97 Å². The lowest BCUT2D eigenvalue weighted by Gasteiger charge is -2.66. The summed E-state index contributed by atoms with van der Waals surface area (Å²) in [5.41, 5.74) is -0.552. The zero-order valence-electron chi connectivity index (χ0n) is 13.1. The van der Waals surface area contributed by atoms with Gasteiger partial charge in [0.25, 0.3) is 0 Å². The Morgan fingerprint density at radius 3 is 2.09 bits per heavy atom. The molecule has 0 aromatic rings. The van der Waals surface area contributed by atoms with Gasteiger partial charge in [-0.1, -0.05) is 13.5 Å². The van der Waals surface area contributed by atoms with Crippen molar-refractivity contribution >= 4 is 5.97 Å². The van der Waals surface area contributed by atoms with Crippen molar-refractivity contribution in [3.8, 4) is 12.1 Å². The molecule has 0 amide bonds. The summed E-state index contributed by atoms with van der Waals surface area (Å²) in [5.74, 6) is -0.944. The van der Waals surface area contributed by atoms with Crippen molar-refractivity contribution in [3.63, 3.8) is 0 Å². The highest BCUT2D eigenvalue weighted by Crippen LogP contribution is 2.74. The van der Waals surface area contributed by atoms with Crippen LogP contribution in [0.2, 0.25) is 0 Å². The number of nitrogens with zero attached hydrogens (tertiary/aromatic N) is 2. The molecule has 0 aromatic heterocycles. The first-order valence-electron chi connectivity index (χ1n) is 7.93. The minimum absolute atomic E-state index is 0.0464. The first-order valence-corrected chi connectivity index (χ1v) is 7.93. The van der Waals surface area contributed by atoms with E-state index in [0.29, 0.717) is 12.8 Å². The van der Waals surface area contributed by atoms with Crippen LogP contribution in [0, 0.1) is 44.3 Å². The van der Waals surface area contributed by atoms with E-state index in [1.54, 1.807) is 0 Å². The second kappa shape index (κ2) is 4.35. The monoisotopic (exact) mass is 298 g/mol. The molecule has 0 spiro atoms. The first kappa shape index (κ1) is 15.1. The largest absolute Gasteiger partial charge is 0.478 e. The predicted octanol–water partition coefficient (Wildman–Crippen LogP) is 3.80. The standard InChI is InChI=1S/C18H22N2O2/c1-13(14(21)22)3-4-16-5-15(2)6-17(8-16,11-19)10-18(7-15,9-16)12-20/h1,3-10H2,2H3,(H,21,22). The van der Waals surface area contributed by atoms with Gasteiger partial charge in [0.15, 0.2) is 0 Å². The Kier molecular flexibility index (Phi) is 2.99. The topological polar surface area (TPSA) is 84.9 Å². The Balaban J connectivity index is 1.93. The second-order valence-electron chi connectivity index (χ2n) is 8.56. The molecule has 0 aliphatic heterocycles. The number of hydrogen-bond donors (Lipinski definition) is 1. The van der Waals surface area contributed by atoms with Crippen LogP contribution in [0.5, 0.6) is 0 Å². The molecule has 2 atom stereocenters. The van der Waals surface area contributed by atoms with Crippen molar-refractivity contribution in [1.29, 1.82) is 10.5 Å². The Labute approximate surface area is 131 Å². The molecule has 1 N–H and O–H groups in total. The molecule has 4 fully saturated rings. The first-order chi connectivity index (χ1) is 10.2. The molecule has 4 heteroatoms. The van der Waals surface area contributed by atoms with E-state index in [9.17, 15) is 15.3 Å². The van der Waals surface area contributed by atoms with Gasteiger partial charge in [0.2, 0.25) is 0 Å². The van der Waals surface area contributed by atoms with E-state index in [1.165, 1.54) is 0 Å². The van der Waals surface area contributed by atoms with Gasteiger partial charge in [-0.2, -0.15) is 10.5 Å². The van der Waals surface area contributed by atoms with Gasteiger partial charge < -0.3 is 5.11 Å². The molecule has 0 saturated heterocycles. The third kappa shape index (κ3) is 2.13. The summed E-state index contributed by atoms with van der Waals surface area (Å²) < 4.78 is 0. The molecule has 4 nitrogen and oxygen atoms in total. The minimum Gasteiger partial charge on any atom is -0.478 e. The zero-order valence-corrected chi connectivity index (χ0v) is 13.1. The van der Waals surface area contributed by atoms with E-state index in [0.717, 1.165) is 38.5 Å². The van der Waals surface area contributed by atoms with Crippen LogP contribution in [-0.4, -0.2) is 11.1 Å². The SMILES string of the molecule is C=C(CCC12CC3(C)CC(C#N)(CC(C#N)(C3)C1)C2)C(=O)O. The van der Waals surface area contributed by atoms with Gasteiger partial charge in [0, 0.05) is 5.57 Å². The van der Waals surface area contributed by atoms with Crippen LogP contribution < -0.4 is 0 Å². The van der Waals surface area contributed by atoms with Gasteiger partial charge in [-0.05, 0) is 62.2 Å². The normalized spacial score (nSPS) is 45.0. The van der Waals surface area contributed by atoms with E-state index in [-0.39, 0.29) is 27.2 Å². The average Bonchev–Trinajstić information content (AvgIpc) is 2.42. The van der Waals surface area contributed by atoms with Gasteiger partial charge in [-0.25, -0.2) is 4.79 Å². The van der Waals surface area contributed by atoms with E-state index in [4.69, 9.17) is 5.11 Å². The van der Waals surface area contributed by atoms with Crippen LogP contribution in [0.3, 0.4) is 0 Å². The molecule has 4 bridgehead atoms. The van der Waals surface area contributed by atoms with E-state index in [1.807, 2.05) is 0 Å². The Morgan fingerprint density at radius 2 is 1.64 bits per heavy atom. The Bertz CT molecular complexity index is 606. The van der Waals surface area contributed by atoms with Crippen molar-refractivity contribution < 1.29 is 9.90 Å². The second-order valence-corrected chi connectivity index (χ2v) is 8.56. The molecular formula is C18H22N2O2. The average molecular weight is 298 g/mol. The van der Waals surface area contributed by atoms with E-state index in [2.05, 4.69) is 25.6 Å². The van der Waals surface area contributed by atoms with Crippen molar-refractivity contribution in [2.24, 2.45) is 21.7 Å². The highest BCUT2D eigenvalue weighted by atomic mass is 16.4. The molecular weight excluding hydrogens is 276 g/mol. The smallest absolute Gasteiger partial charge is 0.330 e. The van der Waals surface area contributed by atoms with Crippen LogP contribution in [0.4, 0.5) is 0 Å². The zero-order chi connectivity index (χ0) is 16.2. The maximum atomic E-state index is 11.0. The number of carbonyl (C=O) groups is 1. The summed E-state index contributed by atoms with van der Waals surface area (Å²) in [4.78, 5) is 11.0. The lowest BCUT2D eigenvalue weighted by Crippen LogP contribution is -2.59. The highest BCUT2D eigenvalue weighted by molar-refractivity contribution is 5.85. The van der Waals surface area contributed by atoms with Gasteiger partial charge in [0.05, 0.1) is 23.0 Å². The molecule has 4 aliphatic rings. The van der Waals surface area contributed by atoms with Crippen LogP contribution in [-0.2, 0) is 4.79 Å². The summed E-state index contributed by atoms with van der Waals surface area (Å²) in [6.45, 7) is 5.85. The van der Waals surface area contributed by atoms with Gasteiger partial charge in [-0.3, -0.25) is 0 Å². The van der Waals surface area contributed by atoms with Crippen molar-refractivity contribution in [2.75, 3.05) is 0 Å². The number of aliphatic carboxylic acids is 1. The van der Waals surface area contributed by atoms with Crippen LogP contribution in [0.25, 0.3) is 0 Å². The summed E-state index contributed by atoms with van der Waals surface area (Å²) in [6.07, 6.45) is 6.33. The lowest BCUT2D eigenvalue weighted by molar-refractivity contribution is -0.158. The molecule has 4 saturated carbocycles. The van der Waals surface area contributed by atoms with Crippen molar-refractivity contribution in [1.82, 2.24) is 0 Å². The van der Waals surface area contributed by atoms with Gasteiger partial charge in [-0.15, -0.1) is 0 Å². The maximum Gasteiger partial charge on any atom is 0.330 e. The number of nitriles is 2. The fourth-order valence-electron chi connectivity index (χ4n) is 6.40. The molecule has 0 aromatic carbocycles. The van der Waals surface area contributed by atoms with Crippen LogP contribution in [0.1, 0.15) is 58.3 Å². The van der Waals surface area contributed by atoms with E-state index >= 15 is 0 Å².